The molecule has 1 aromatic heterocycles. The normalized spacial score (nSPS) is 13.5. The Bertz CT molecular complexity index is 568. The van der Waals surface area contributed by atoms with Crippen molar-refractivity contribution < 1.29 is 24.5 Å². The summed E-state index contributed by atoms with van der Waals surface area (Å²) in [5, 5.41) is 24.1. The van der Waals surface area contributed by atoms with Gasteiger partial charge in [-0.25, -0.2) is 9.48 Å². The minimum atomic E-state index is -1.46. The number of aliphatic hydroxyl groups excluding tert-OH is 1. The van der Waals surface area contributed by atoms with Crippen LogP contribution < -0.4 is 10.9 Å². The number of hydrogen-bond donors (Lipinski definition) is 3. The van der Waals surface area contributed by atoms with Crippen LogP contribution in [-0.2, 0) is 16.1 Å². The Hall–Kier alpha value is -2.26. The fourth-order valence-corrected chi connectivity index (χ4v) is 1.51. The van der Waals surface area contributed by atoms with E-state index >= 15 is 0 Å². The van der Waals surface area contributed by atoms with Gasteiger partial charge in [0.25, 0.3) is 11.5 Å². The Kier molecular flexibility index (Phi) is 6.00. The van der Waals surface area contributed by atoms with Gasteiger partial charge in [0.2, 0.25) is 0 Å². The minimum absolute atomic E-state index is 0.127. The maximum absolute atomic E-state index is 11.9. The van der Waals surface area contributed by atoms with Crippen molar-refractivity contribution in [1.29, 1.82) is 0 Å². The number of hydrogen-bond acceptors (Lipinski definition) is 6. The summed E-state index contributed by atoms with van der Waals surface area (Å²) in [6, 6.07) is 0.871. The molecule has 1 amide bonds. The number of aliphatic hydroxyl groups is 1. The van der Waals surface area contributed by atoms with Crippen LogP contribution in [0.2, 0.25) is 0 Å². The van der Waals surface area contributed by atoms with Crippen molar-refractivity contribution in [3.8, 4) is 0 Å². The van der Waals surface area contributed by atoms with Crippen LogP contribution >= 0.6 is 0 Å². The van der Waals surface area contributed by atoms with E-state index in [-0.39, 0.29) is 18.8 Å². The topological polar surface area (TPSA) is 131 Å². The predicted octanol–water partition coefficient (Wildman–Crippen LogP) is -1.55. The minimum Gasteiger partial charge on any atom is -0.480 e. The van der Waals surface area contributed by atoms with Gasteiger partial charge in [0.15, 0.2) is 6.04 Å². The SMILES string of the molecule is COCCn1nc(C(=O)N[C@H](C(=O)O)[C@@H](C)O)ccc1=O. The standard InChI is InChI=1S/C12H17N3O6/c1-7(16)10(12(19)20)13-11(18)8-3-4-9(17)15(14-8)5-6-21-2/h3-4,7,10,16H,5-6H2,1-2H3,(H,13,18)(H,19,20)/t7-,10+/m1/s1. The van der Waals surface area contributed by atoms with Crippen molar-refractivity contribution in [1.82, 2.24) is 15.1 Å². The van der Waals surface area contributed by atoms with Crippen LogP contribution in [-0.4, -0.2) is 57.7 Å². The molecular weight excluding hydrogens is 282 g/mol. The molecule has 21 heavy (non-hydrogen) atoms. The number of nitrogens with one attached hydrogen (secondary N) is 1. The zero-order valence-electron chi connectivity index (χ0n) is 11.6. The Balaban J connectivity index is 2.92. The van der Waals surface area contributed by atoms with E-state index in [0.29, 0.717) is 0 Å². The Morgan fingerprint density at radius 3 is 2.67 bits per heavy atom. The van der Waals surface area contributed by atoms with Crippen LogP contribution in [0.3, 0.4) is 0 Å². The number of nitrogens with zero attached hydrogens (tertiary/aromatic N) is 2. The summed E-state index contributed by atoms with van der Waals surface area (Å²) in [7, 11) is 1.46. The zero-order valence-corrected chi connectivity index (χ0v) is 11.6. The first kappa shape index (κ1) is 16.8. The molecule has 1 heterocycles. The molecule has 3 N–H and O–H groups in total. The number of aromatic nitrogens is 2. The molecule has 1 aromatic rings. The lowest BCUT2D eigenvalue weighted by Gasteiger charge is -2.16. The third-order valence-corrected chi connectivity index (χ3v) is 2.64. The maximum atomic E-state index is 11.9. The molecule has 1 rings (SSSR count). The van der Waals surface area contributed by atoms with Gasteiger partial charge in [0.1, 0.15) is 5.69 Å². The molecule has 0 unspecified atom stereocenters. The summed E-state index contributed by atoms with van der Waals surface area (Å²) in [4.78, 5) is 34.3. The summed E-state index contributed by atoms with van der Waals surface area (Å²) in [5.74, 6) is -2.17. The molecule has 9 heteroatoms. The van der Waals surface area contributed by atoms with E-state index in [4.69, 9.17) is 9.84 Å². The van der Waals surface area contributed by atoms with Crippen LogP contribution in [0.4, 0.5) is 0 Å². The third-order valence-electron chi connectivity index (χ3n) is 2.64. The van der Waals surface area contributed by atoms with E-state index in [2.05, 4.69) is 10.4 Å². The lowest BCUT2D eigenvalue weighted by atomic mass is 10.2. The van der Waals surface area contributed by atoms with Crippen molar-refractivity contribution in [3.05, 3.63) is 28.2 Å². The number of aliphatic carboxylic acids is 1. The predicted molar refractivity (Wildman–Crippen MR) is 70.9 cm³/mol. The molecular formula is C12H17N3O6. The summed E-state index contributed by atoms with van der Waals surface area (Å²) in [5.41, 5.74) is -0.536. The number of rotatable bonds is 7. The van der Waals surface area contributed by atoms with E-state index in [0.717, 1.165) is 10.7 Å². The lowest BCUT2D eigenvalue weighted by molar-refractivity contribution is -0.141. The molecule has 0 aliphatic rings. The molecule has 0 saturated carbocycles. The monoisotopic (exact) mass is 299 g/mol. The molecule has 0 saturated heterocycles. The van der Waals surface area contributed by atoms with E-state index < -0.39 is 29.6 Å². The first-order valence-electron chi connectivity index (χ1n) is 6.15. The van der Waals surface area contributed by atoms with Gasteiger partial charge in [-0.2, -0.15) is 5.10 Å². The lowest BCUT2D eigenvalue weighted by Crippen LogP contribution is -2.48. The summed E-state index contributed by atoms with van der Waals surface area (Å²) in [6.45, 7) is 1.64. The molecule has 9 nitrogen and oxygen atoms in total. The second-order valence-corrected chi connectivity index (χ2v) is 4.30. The highest BCUT2D eigenvalue weighted by atomic mass is 16.5. The molecule has 0 fully saturated rings. The Morgan fingerprint density at radius 2 is 2.14 bits per heavy atom. The highest BCUT2D eigenvalue weighted by Crippen LogP contribution is 1.97. The van der Waals surface area contributed by atoms with Crippen LogP contribution in [0.1, 0.15) is 17.4 Å². The Labute approximate surface area is 120 Å². The summed E-state index contributed by atoms with van der Waals surface area (Å²) < 4.78 is 5.86. The second kappa shape index (κ2) is 7.50. The number of carbonyl (C=O) groups excluding carboxylic acids is 1. The van der Waals surface area contributed by atoms with E-state index in [1.165, 1.54) is 20.1 Å². The number of amides is 1. The van der Waals surface area contributed by atoms with Crippen LogP contribution in [0, 0.1) is 0 Å². The van der Waals surface area contributed by atoms with Gasteiger partial charge in [0.05, 0.1) is 19.3 Å². The first-order chi connectivity index (χ1) is 9.86. The van der Waals surface area contributed by atoms with Gasteiger partial charge in [-0.1, -0.05) is 0 Å². The van der Waals surface area contributed by atoms with Crippen molar-refractivity contribution in [2.45, 2.75) is 25.6 Å². The summed E-state index contributed by atoms with van der Waals surface area (Å²) in [6.07, 6.45) is -1.27. The van der Waals surface area contributed by atoms with E-state index in [1.54, 1.807) is 0 Å². The zero-order chi connectivity index (χ0) is 16.0. The molecule has 0 radical (unpaired) electrons. The van der Waals surface area contributed by atoms with Gasteiger partial charge < -0.3 is 20.3 Å². The average molecular weight is 299 g/mol. The van der Waals surface area contributed by atoms with Crippen LogP contribution in [0.15, 0.2) is 16.9 Å². The number of carboxylic acid groups (broad SMARTS) is 1. The molecule has 0 aliphatic heterocycles. The largest absolute Gasteiger partial charge is 0.480 e. The molecule has 0 bridgehead atoms. The molecule has 0 aliphatic carbocycles. The van der Waals surface area contributed by atoms with Gasteiger partial charge in [0, 0.05) is 13.2 Å². The fraction of sp³-hybridized carbons (Fsp3) is 0.500. The quantitative estimate of drug-likeness (QED) is 0.555. The van der Waals surface area contributed by atoms with Crippen molar-refractivity contribution in [2.75, 3.05) is 13.7 Å². The molecule has 0 spiro atoms. The highest BCUT2D eigenvalue weighted by Gasteiger charge is 2.26. The van der Waals surface area contributed by atoms with E-state index in [1.807, 2.05) is 0 Å². The van der Waals surface area contributed by atoms with E-state index in [9.17, 15) is 19.5 Å². The van der Waals surface area contributed by atoms with Gasteiger partial charge in [-0.05, 0) is 13.0 Å². The number of carboxylic acids is 1. The summed E-state index contributed by atoms with van der Waals surface area (Å²) >= 11 is 0. The number of ether oxygens (including phenoxy) is 1. The molecule has 0 aromatic carbocycles. The number of carbonyl (C=O) groups is 2. The van der Waals surface area contributed by atoms with Crippen molar-refractivity contribution in [2.24, 2.45) is 0 Å². The average Bonchev–Trinajstić information content (AvgIpc) is 2.42. The number of methoxy groups -OCH3 is 1. The molecule has 2 atom stereocenters. The van der Waals surface area contributed by atoms with Crippen LogP contribution in [0.5, 0.6) is 0 Å². The van der Waals surface area contributed by atoms with Crippen molar-refractivity contribution in [3.63, 3.8) is 0 Å². The van der Waals surface area contributed by atoms with Gasteiger partial charge in [-0.15, -0.1) is 0 Å². The highest BCUT2D eigenvalue weighted by molar-refractivity contribution is 5.94. The molecule has 116 valence electrons. The van der Waals surface area contributed by atoms with Crippen LogP contribution in [0.25, 0.3) is 0 Å². The maximum Gasteiger partial charge on any atom is 0.328 e. The van der Waals surface area contributed by atoms with Crippen molar-refractivity contribution >= 4 is 11.9 Å². The van der Waals surface area contributed by atoms with Gasteiger partial charge >= 0.3 is 5.97 Å². The third kappa shape index (κ3) is 4.65. The second-order valence-electron chi connectivity index (χ2n) is 4.30. The first-order valence-corrected chi connectivity index (χ1v) is 6.15. The fourth-order valence-electron chi connectivity index (χ4n) is 1.51. The van der Waals surface area contributed by atoms with Gasteiger partial charge in [-0.3, -0.25) is 9.59 Å². The Morgan fingerprint density at radius 1 is 1.48 bits per heavy atom. The smallest absolute Gasteiger partial charge is 0.328 e.